The summed E-state index contributed by atoms with van der Waals surface area (Å²) in [5.41, 5.74) is 17.8. The van der Waals surface area contributed by atoms with E-state index in [1.165, 1.54) is 36.1 Å². The summed E-state index contributed by atoms with van der Waals surface area (Å²) in [6.07, 6.45) is -1.59. The Morgan fingerprint density at radius 2 is 0.917 bits per heavy atom. The topological polar surface area (TPSA) is 652 Å². The van der Waals surface area contributed by atoms with E-state index in [1.54, 1.807) is 71.9 Å². The van der Waals surface area contributed by atoms with Crippen molar-refractivity contribution in [2.75, 3.05) is 32.7 Å². The highest BCUT2D eigenvalue weighted by Crippen LogP contribution is 2.25. The lowest BCUT2D eigenvalue weighted by molar-refractivity contribution is -0.144. The van der Waals surface area contributed by atoms with Crippen LogP contribution < -0.4 is 91.6 Å². The van der Waals surface area contributed by atoms with Crippen molar-refractivity contribution >= 4 is 112 Å². The molecule has 0 radical (unpaired) electrons. The number of hydrogen-bond donors (Lipinski definition) is 22. The summed E-state index contributed by atoms with van der Waals surface area (Å²) < 4.78 is 0. The number of phenolic OH excluding ortho intramolecular Hbond substituents is 1. The number of aliphatic carboxylic acids is 2. The van der Waals surface area contributed by atoms with Crippen LogP contribution in [0.15, 0.2) is 54.6 Å². The van der Waals surface area contributed by atoms with Gasteiger partial charge in [0.2, 0.25) is 88.6 Å². The molecule has 5 rings (SSSR count). The fraction of sp³-hybridized carbons (Fsp3) is 0.613. The third-order valence-electron chi connectivity index (χ3n) is 20.8. The Morgan fingerprint density at radius 3 is 1.41 bits per heavy atom. The normalized spacial score (nSPS) is 17.6. The number of carboxylic acids is 2. The van der Waals surface area contributed by atoms with E-state index < -0.39 is 204 Å². The monoisotopic (exact) mass is 1700 g/mol. The van der Waals surface area contributed by atoms with Crippen molar-refractivity contribution in [1.29, 1.82) is 10.8 Å². The summed E-state index contributed by atoms with van der Waals surface area (Å²) in [6.45, 7) is 11.9. The van der Waals surface area contributed by atoms with E-state index >= 15 is 14.4 Å². The fourth-order valence-corrected chi connectivity index (χ4v) is 14.3. The van der Waals surface area contributed by atoms with Crippen molar-refractivity contribution in [2.45, 2.75) is 262 Å². The van der Waals surface area contributed by atoms with E-state index in [-0.39, 0.29) is 171 Å². The van der Waals surface area contributed by atoms with Crippen molar-refractivity contribution < 1.29 is 96.8 Å². The minimum atomic E-state index is -1.96. The highest BCUT2D eigenvalue weighted by atomic mass is 16.4. The molecule has 0 unspecified atom stereocenters. The van der Waals surface area contributed by atoms with E-state index in [0.29, 0.717) is 17.5 Å². The van der Waals surface area contributed by atoms with Gasteiger partial charge < -0.3 is 117 Å². The number of unbranched alkanes of at least 4 members (excludes halogenated alkanes) is 1. The molecule has 3 fully saturated rings. The van der Waals surface area contributed by atoms with Gasteiger partial charge in [-0.25, -0.2) is 4.79 Å². The van der Waals surface area contributed by atoms with Crippen molar-refractivity contribution in [1.82, 2.24) is 84.2 Å². The molecule has 3 saturated heterocycles. The quantitative estimate of drug-likeness (QED) is 0.0179. The lowest BCUT2D eigenvalue weighted by Crippen LogP contribution is -2.61. The zero-order valence-corrected chi connectivity index (χ0v) is 69.7. The van der Waals surface area contributed by atoms with Gasteiger partial charge in [0.05, 0.1) is 6.42 Å². The van der Waals surface area contributed by atoms with E-state index in [9.17, 15) is 82.4 Å². The van der Waals surface area contributed by atoms with Gasteiger partial charge in [-0.2, -0.15) is 0 Å². The number of guanidine groups is 2. The molecule has 0 aliphatic carbocycles. The molecule has 15 amide bonds. The van der Waals surface area contributed by atoms with Gasteiger partial charge in [0.1, 0.15) is 84.3 Å². The summed E-state index contributed by atoms with van der Waals surface area (Å²) in [7, 11) is 0. The van der Waals surface area contributed by atoms with Crippen molar-refractivity contribution in [2.24, 2.45) is 35.0 Å². The van der Waals surface area contributed by atoms with Gasteiger partial charge in [-0.05, 0) is 137 Å². The number of rotatable bonds is 51. The second-order valence-electron chi connectivity index (χ2n) is 31.7. The molecule has 41 nitrogen and oxygen atoms in total. The van der Waals surface area contributed by atoms with Gasteiger partial charge in [-0.1, -0.05) is 90.4 Å². The Kier molecular flexibility index (Phi) is 41.0. The second-order valence-corrected chi connectivity index (χ2v) is 31.7. The third kappa shape index (κ3) is 34.2. The number of primary amides is 1. The van der Waals surface area contributed by atoms with Crippen LogP contribution >= 0.6 is 0 Å². The van der Waals surface area contributed by atoms with Crippen LogP contribution in [0.5, 0.6) is 5.75 Å². The van der Waals surface area contributed by atoms with Gasteiger partial charge in [0.15, 0.2) is 11.9 Å². The summed E-state index contributed by atoms with van der Waals surface area (Å²) >= 11 is 0. The number of hydrogen-bond acceptors (Lipinski definition) is 20. The van der Waals surface area contributed by atoms with E-state index in [1.807, 2.05) is 0 Å². The first-order valence-corrected chi connectivity index (χ1v) is 41.1. The minimum absolute atomic E-state index is 0.00129. The average molecular weight is 1700 g/mol. The minimum Gasteiger partial charge on any atom is -0.508 e. The molecular formula is C80H123N21O20. The maximum Gasteiger partial charge on any atom is 0.326 e. The van der Waals surface area contributed by atoms with Crippen LogP contribution in [0, 0.1) is 28.6 Å². The number of nitrogens with two attached hydrogens (primary N) is 3. The molecule has 14 atom stereocenters. The van der Waals surface area contributed by atoms with Crippen LogP contribution in [-0.4, -0.2) is 249 Å². The number of nitrogens with one attached hydrogen (secondary N) is 16. The first-order chi connectivity index (χ1) is 57.2. The van der Waals surface area contributed by atoms with Gasteiger partial charge in [0, 0.05) is 65.3 Å². The Bertz CT molecular complexity index is 3970. The lowest BCUT2D eigenvalue weighted by Gasteiger charge is -2.32. The fourth-order valence-electron chi connectivity index (χ4n) is 14.3. The molecule has 668 valence electrons. The summed E-state index contributed by atoms with van der Waals surface area (Å²) in [5, 5.41) is 82.1. The Balaban J connectivity index is 1.43. The standard InChI is InChI=1S/C80H123N21O20/c1-8-45(6)65(75(117)98-59(78(120)121)39-44(4)5)99-72(114)57(40-47-18-10-9-11-19-47)97-74(116)61-24-17-37-101(61)77(119)54(22-15-35-88-80(84)85)92-66(108)50(21-14-34-87-79(82)83)91-73(115)60-23-16-36-100(60)76(118)53(20-12-13-33-86-46(7)102)93-71(113)58(42-62(81)104)96-68(110)52(30-32-64(106)107)90-70(112)56(41-48-25-27-49(103)28-26-48)95-69(111)55(38-43(2)3)94-67(109)51-29-31-63(105)89-51/h9-11,18-19,25-28,43-45,50-61,65,103H,8,12-17,20-24,29-42H2,1-7H3,(H2,81,104)(H,86,102)(H,89,105)(H,90,112)(H,91,115)(H,92,108)(H,93,113)(H,94,109)(H,95,111)(H,96,110)(H,97,116)(H,98,117)(H,99,114)(H,106,107)(H,120,121)(H4,82,83,87)(H4,84,85,88)/t45-,50-,51-,52-,53-,54-,55-,56-,57-,58-,59-,60-,61-,65-/m0/s1. The first-order valence-electron chi connectivity index (χ1n) is 41.1. The maximum atomic E-state index is 15.2. The largest absolute Gasteiger partial charge is 0.508 e. The highest BCUT2D eigenvalue weighted by molar-refractivity contribution is 6.01. The maximum absolute atomic E-state index is 15.2. The molecule has 2 aromatic rings. The van der Waals surface area contributed by atoms with Crippen LogP contribution in [0.1, 0.15) is 182 Å². The van der Waals surface area contributed by atoms with Gasteiger partial charge in [-0.15, -0.1) is 0 Å². The van der Waals surface area contributed by atoms with Crippen LogP contribution in [0.4, 0.5) is 0 Å². The molecule has 0 spiro atoms. The van der Waals surface area contributed by atoms with Gasteiger partial charge >= 0.3 is 11.9 Å². The summed E-state index contributed by atoms with van der Waals surface area (Å²) in [6, 6.07) is -4.57. The molecular weight excluding hydrogens is 1580 g/mol. The molecule has 121 heavy (non-hydrogen) atoms. The molecule has 41 heteroatoms. The van der Waals surface area contributed by atoms with E-state index in [2.05, 4.69) is 74.4 Å². The Hall–Kier alpha value is -12.2. The number of nitrogens with zero attached hydrogens (tertiary/aromatic N) is 2. The SMILES string of the molecule is CC[C@H](C)[C@H](NC(=O)[C@H](Cc1ccccc1)NC(=O)[C@@H]1CCCN1C(=O)[C@H](CCCNC(=N)N)NC(=O)[C@H](CCCNC(=N)N)NC(=O)[C@@H]1CCCN1C(=O)[C@H](CCCCNC(C)=O)NC(=O)[C@H](CC(N)=O)NC(=O)[C@H](CCC(=O)O)NC(=O)[C@H](Cc1ccc(O)cc1)NC(=O)[C@H](CC(C)C)NC(=O)[C@@H]1CCC(=O)N1)C(=O)N[C@@H](CC(C)C)C(=O)O. The number of carboxylic acid groups (broad SMARTS) is 2. The summed E-state index contributed by atoms with van der Waals surface area (Å²) in [4.78, 5) is 239. The van der Waals surface area contributed by atoms with Crippen molar-refractivity contribution in [3.63, 3.8) is 0 Å². The molecule has 3 heterocycles. The highest BCUT2D eigenvalue weighted by Gasteiger charge is 2.44. The number of likely N-dealkylation sites (tertiary alicyclic amines) is 2. The second kappa shape index (κ2) is 50.0. The third-order valence-corrected chi connectivity index (χ3v) is 20.8. The smallest absolute Gasteiger partial charge is 0.326 e. The molecule has 3 aliphatic rings. The predicted molar refractivity (Wildman–Crippen MR) is 439 cm³/mol. The van der Waals surface area contributed by atoms with Crippen molar-refractivity contribution in [3.8, 4) is 5.75 Å². The van der Waals surface area contributed by atoms with Crippen LogP contribution in [0.2, 0.25) is 0 Å². The number of carbonyl (C=O) groups is 17. The zero-order chi connectivity index (χ0) is 89.7. The lowest BCUT2D eigenvalue weighted by atomic mass is 9.96. The van der Waals surface area contributed by atoms with E-state index in [0.717, 1.165) is 4.90 Å². The van der Waals surface area contributed by atoms with E-state index in [4.69, 9.17) is 28.0 Å². The molecule has 0 saturated carbocycles. The van der Waals surface area contributed by atoms with Crippen LogP contribution in [-0.2, 0) is 94.3 Å². The molecule has 25 N–H and O–H groups in total. The molecule has 3 aliphatic heterocycles. The number of benzene rings is 2. The van der Waals surface area contributed by atoms with Crippen LogP contribution in [0.25, 0.3) is 0 Å². The Morgan fingerprint density at radius 1 is 0.488 bits per heavy atom. The number of carbonyl (C=O) groups excluding carboxylic acids is 15. The first kappa shape index (κ1) is 99.3. The molecule has 2 aromatic carbocycles. The average Bonchev–Trinajstić information content (AvgIpc) is 1.71. The van der Waals surface area contributed by atoms with Gasteiger partial charge in [-0.3, -0.25) is 87.5 Å². The molecule has 0 bridgehead atoms. The predicted octanol–water partition coefficient (Wildman–Crippen LogP) is -2.92. The van der Waals surface area contributed by atoms with Gasteiger partial charge in [0.25, 0.3) is 0 Å². The number of phenols is 1. The number of aromatic hydroxyl groups is 1. The van der Waals surface area contributed by atoms with Crippen molar-refractivity contribution in [3.05, 3.63) is 65.7 Å². The molecule has 0 aromatic heterocycles. The number of amides is 15. The zero-order valence-electron chi connectivity index (χ0n) is 69.7. The van der Waals surface area contributed by atoms with Crippen LogP contribution in [0.3, 0.4) is 0 Å². The summed E-state index contributed by atoms with van der Waals surface area (Å²) in [5.74, 6) is -17.3. The Labute approximate surface area is 702 Å².